The van der Waals surface area contributed by atoms with Crippen LogP contribution in [0, 0.1) is 0 Å². The second-order valence-electron chi connectivity index (χ2n) is 6.66. The highest BCUT2D eigenvalue weighted by Crippen LogP contribution is 2.35. The Labute approximate surface area is 140 Å². The molecule has 7 heteroatoms. The van der Waals surface area contributed by atoms with Crippen LogP contribution in [0.1, 0.15) is 66.6 Å². The number of rotatable bonds is 2. The van der Waals surface area contributed by atoms with E-state index in [2.05, 4.69) is 19.7 Å². The number of nitrogens with zero attached hydrogens (tertiary/aromatic N) is 5. The third-order valence-corrected chi connectivity index (χ3v) is 5.17. The van der Waals surface area contributed by atoms with Crippen molar-refractivity contribution in [2.24, 2.45) is 0 Å². The molecule has 1 fully saturated rings. The molecule has 1 saturated carbocycles. The molecule has 0 aromatic carbocycles. The molecule has 0 spiro atoms. The number of fused-ring (bicyclic) bond motifs is 1. The highest BCUT2D eigenvalue weighted by atomic mass is 16.3. The first-order valence-corrected chi connectivity index (χ1v) is 8.53. The molecule has 0 saturated heterocycles. The molecule has 0 bridgehead atoms. The van der Waals surface area contributed by atoms with Crippen molar-refractivity contribution in [3.05, 3.63) is 35.7 Å². The summed E-state index contributed by atoms with van der Waals surface area (Å²) in [4.78, 5) is 18.4. The summed E-state index contributed by atoms with van der Waals surface area (Å²) in [6.07, 6.45) is 7.70. The Kier molecular flexibility index (Phi) is 3.70. The third kappa shape index (κ3) is 2.44. The molecule has 1 atom stereocenters. The molecule has 2 aromatic heterocycles. The zero-order valence-corrected chi connectivity index (χ0v) is 13.7. The lowest BCUT2D eigenvalue weighted by Gasteiger charge is -2.34. The Balaban J connectivity index is 1.60. The number of hydrogen-bond acceptors (Lipinski definition) is 5. The highest BCUT2D eigenvalue weighted by molar-refractivity contribution is 5.94. The van der Waals surface area contributed by atoms with E-state index >= 15 is 0 Å². The molecular formula is C17H21N5O2. The molecule has 126 valence electrons. The van der Waals surface area contributed by atoms with Gasteiger partial charge in [-0.15, -0.1) is 10.2 Å². The summed E-state index contributed by atoms with van der Waals surface area (Å²) in [7, 11) is 0. The minimum atomic E-state index is -0.142. The maximum absolute atomic E-state index is 12.8. The fraction of sp³-hybridized carbons (Fsp3) is 0.529. The van der Waals surface area contributed by atoms with Crippen molar-refractivity contribution in [3.8, 4) is 5.75 Å². The molecule has 1 aliphatic carbocycles. The van der Waals surface area contributed by atoms with E-state index in [0.29, 0.717) is 18.0 Å². The van der Waals surface area contributed by atoms with E-state index in [4.69, 9.17) is 0 Å². The number of hydrogen-bond donors (Lipinski definition) is 1. The maximum Gasteiger partial charge on any atom is 0.256 e. The van der Waals surface area contributed by atoms with Crippen LogP contribution in [0.5, 0.6) is 5.75 Å². The van der Waals surface area contributed by atoms with Gasteiger partial charge in [-0.25, -0.2) is 0 Å². The van der Waals surface area contributed by atoms with Crippen LogP contribution in [0.4, 0.5) is 0 Å². The molecule has 24 heavy (non-hydrogen) atoms. The van der Waals surface area contributed by atoms with E-state index in [0.717, 1.165) is 18.2 Å². The Bertz CT molecular complexity index is 766. The van der Waals surface area contributed by atoms with Crippen molar-refractivity contribution in [1.29, 1.82) is 0 Å². The van der Waals surface area contributed by atoms with Crippen LogP contribution in [-0.2, 0) is 6.54 Å². The summed E-state index contributed by atoms with van der Waals surface area (Å²) in [5.41, 5.74) is 0.394. The fourth-order valence-corrected chi connectivity index (χ4v) is 3.88. The zero-order valence-electron chi connectivity index (χ0n) is 13.7. The smallest absolute Gasteiger partial charge is 0.256 e. The summed E-state index contributed by atoms with van der Waals surface area (Å²) in [6.45, 7) is 3.31. The van der Waals surface area contributed by atoms with Gasteiger partial charge in [-0.05, 0) is 25.8 Å². The topological polar surface area (TPSA) is 84.1 Å². The Hall–Kier alpha value is -2.44. The Morgan fingerprint density at radius 1 is 1.17 bits per heavy atom. The van der Waals surface area contributed by atoms with Gasteiger partial charge in [0.25, 0.3) is 5.91 Å². The van der Waals surface area contributed by atoms with Gasteiger partial charge in [0, 0.05) is 25.2 Å². The van der Waals surface area contributed by atoms with Crippen LogP contribution in [0.3, 0.4) is 0 Å². The number of carbonyl (C=O) groups is 1. The Morgan fingerprint density at radius 3 is 2.67 bits per heavy atom. The predicted octanol–water partition coefficient (Wildman–Crippen LogP) is 2.25. The van der Waals surface area contributed by atoms with Crippen molar-refractivity contribution in [1.82, 2.24) is 24.6 Å². The van der Waals surface area contributed by atoms with E-state index in [1.165, 1.54) is 44.1 Å². The molecule has 2 aliphatic rings. The first kappa shape index (κ1) is 15.1. The predicted molar refractivity (Wildman–Crippen MR) is 86.6 cm³/mol. The summed E-state index contributed by atoms with van der Waals surface area (Å²) in [6, 6.07) is 1.31. The summed E-state index contributed by atoms with van der Waals surface area (Å²) in [5.74, 6) is 2.31. The van der Waals surface area contributed by atoms with Gasteiger partial charge in [0.05, 0.1) is 17.8 Å². The van der Waals surface area contributed by atoms with Crippen LogP contribution >= 0.6 is 0 Å². The van der Waals surface area contributed by atoms with Gasteiger partial charge in [0.15, 0.2) is 5.82 Å². The molecular weight excluding hydrogens is 306 g/mol. The van der Waals surface area contributed by atoms with E-state index < -0.39 is 0 Å². The standard InChI is InChI=1S/C17H21N5O2/c1-11-15-19-20-16(12-4-2-3-5-12)22(15)7-6-21(11)17(24)13-8-14(23)10-18-9-13/h8-12,23H,2-7H2,1H3/t11-/m0/s1. The van der Waals surface area contributed by atoms with Gasteiger partial charge in [-0.3, -0.25) is 9.78 Å². The Morgan fingerprint density at radius 2 is 1.92 bits per heavy atom. The van der Waals surface area contributed by atoms with Crippen LogP contribution in [0.15, 0.2) is 18.5 Å². The number of aromatic nitrogens is 4. The lowest BCUT2D eigenvalue weighted by atomic mass is 10.1. The molecule has 7 nitrogen and oxygen atoms in total. The third-order valence-electron chi connectivity index (χ3n) is 5.17. The monoisotopic (exact) mass is 327 g/mol. The second kappa shape index (κ2) is 5.89. The summed E-state index contributed by atoms with van der Waals surface area (Å²) in [5, 5.41) is 18.4. The number of amides is 1. The van der Waals surface area contributed by atoms with Gasteiger partial charge >= 0.3 is 0 Å². The van der Waals surface area contributed by atoms with E-state index in [-0.39, 0.29) is 17.7 Å². The minimum absolute atomic E-state index is 0.00259. The average molecular weight is 327 g/mol. The SMILES string of the molecule is C[C@H]1c2nnc(C3CCCC3)n2CCN1C(=O)c1cncc(O)c1. The van der Waals surface area contributed by atoms with Crippen LogP contribution in [0.2, 0.25) is 0 Å². The second-order valence-corrected chi connectivity index (χ2v) is 6.66. The van der Waals surface area contributed by atoms with Crippen LogP contribution in [0.25, 0.3) is 0 Å². The average Bonchev–Trinajstić information content (AvgIpc) is 3.24. The first-order chi connectivity index (χ1) is 11.6. The van der Waals surface area contributed by atoms with Gasteiger partial charge in [-0.2, -0.15) is 0 Å². The normalized spacial score (nSPS) is 21.0. The maximum atomic E-state index is 12.8. The molecule has 3 heterocycles. The van der Waals surface area contributed by atoms with Crippen molar-refractivity contribution in [2.45, 2.75) is 51.1 Å². The van der Waals surface area contributed by atoms with Crippen molar-refractivity contribution >= 4 is 5.91 Å². The molecule has 1 aliphatic heterocycles. The lowest BCUT2D eigenvalue weighted by Crippen LogP contribution is -2.41. The molecule has 1 amide bonds. The highest BCUT2D eigenvalue weighted by Gasteiger charge is 2.34. The summed E-state index contributed by atoms with van der Waals surface area (Å²) < 4.78 is 2.20. The van der Waals surface area contributed by atoms with Crippen molar-refractivity contribution < 1.29 is 9.90 Å². The molecule has 0 radical (unpaired) electrons. The van der Waals surface area contributed by atoms with Crippen molar-refractivity contribution in [2.75, 3.05) is 6.54 Å². The van der Waals surface area contributed by atoms with Crippen molar-refractivity contribution in [3.63, 3.8) is 0 Å². The zero-order chi connectivity index (χ0) is 16.7. The first-order valence-electron chi connectivity index (χ1n) is 8.53. The van der Waals surface area contributed by atoms with Gasteiger partial charge < -0.3 is 14.6 Å². The van der Waals surface area contributed by atoms with E-state index in [9.17, 15) is 9.90 Å². The largest absolute Gasteiger partial charge is 0.506 e. The van der Waals surface area contributed by atoms with Gasteiger partial charge in [0.1, 0.15) is 11.6 Å². The van der Waals surface area contributed by atoms with Crippen LogP contribution < -0.4 is 0 Å². The van der Waals surface area contributed by atoms with Crippen LogP contribution in [-0.4, -0.2) is 42.2 Å². The molecule has 2 aromatic rings. The van der Waals surface area contributed by atoms with E-state index in [1.807, 2.05) is 6.92 Å². The minimum Gasteiger partial charge on any atom is -0.506 e. The number of aromatic hydroxyl groups is 1. The number of carbonyl (C=O) groups excluding carboxylic acids is 1. The molecule has 1 N–H and O–H groups in total. The molecule has 4 rings (SSSR count). The van der Waals surface area contributed by atoms with E-state index in [1.54, 1.807) is 4.90 Å². The van der Waals surface area contributed by atoms with Gasteiger partial charge in [-0.1, -0.05) is 12.8 Å². The lowest BCUT2D eigenvalue weighted by molar-refractivity contribution is 0.0635. The fourth-order valence-electron chi connectivity index (χ4n) is 3.88. The van der Waals surface area contributed by atoms with Gasteiger partial charge in [0.2, 0.25) is 0 Å². The quantitative estimate of drug-likeness (QED) is 0.914. The number of pyridine rings is 1. The summed E-state index contributed by atoms with van der Waals surface area (Å²) >= 11 is 0. The molecule has 0 unspecified atom stereocenters.